The standard InChI is InChI=1S/C9H6N2/c1-11-9-4-2-8(3-5-9)6-7-10/h2-5H,6H2. The molecule has 0 radical (unpaired) electrons. The van der Waals surface area contributed by atoms with Crippen molar-refractivity contribution < 1.29 is 0 Å². The molecular weight excluding hydrogens is 136 g/mol. The van der Waals surface area contributed by atoms with Gasteiger partial charge < -0.3 is 0 Å². The third-order valence-corrected chi connectivity index (χ3v) is 1.35. The smallest absolute Gasteiger partial charge is 0.187 e. The van der Waals surface area contributed by atoms with Crippen LogP contribution in [0.1, 0.15) is 5.56 Å². The molecule has 0 heterocycles. The van der Waals surface area contributed by atoms with E-state index in [1.54, 1.807) is 24.3 Å². The van der Waals surface area contributed by atoms with Crippen LogP contribution in [0.3, 0.4) is 0 Å². The highest BCUT2D eigenvalue weighted by Crippen LogP contribution is 2.12. The van der Waals surface area contributed by atoms with Crippen molar-refractivity contribution in [3.05, 3.63) is 41.2 Å². The summed E-state index contributed by atoms with van der Waals surface area (Å²) < 4.78 is 0. The first-order chi connectivity index (χ1) is 5.36. The Labute approximate surface area is 65.5 Å². The third kappa shape index (κ3) is 1.81. The van der Waals surface area contributed by atoms with E-state index in [0.717, 1.165) is 5.56 Å². The number of rotatable bonds is 1. The van der Waals surface area contributed by atoms with Gasteiger partial charge in [0.25, 0.3) is 0 Å². The molecule has 1 aromatic rings. The van der Waals surface area contributed by atoms with Crippen LogP contribution in [0.5, 0.6) is 0 Å². The first-order valence-corrected chi connectivity index (χ1v) is 3.20. The zero-order valence-electron chi connectivity index (χ0n) is 5.91. The average molecular weight is 142 g/mol. The molecule has 0 spiro atoms. The molecule has 0 fully saturated rings. The van der Waals surface area contributed by atoms with Gasteiger partial charge in [0.15, 0.2) is 5.69 Å². The van der Waals surface area contributed by atoms with Crippen LogP contribution in [0.4, 0.5) is 5.69 Å². The second-order valence-corrected chi connectivity index (χ2v) is 2.11. The summed E-state index contributed by atoms with van der Waals surface area (Å²) in [5, 5.41) is 8.34. The summed E-state index contributed by atoms with van der Waals surface area (Å²) in [7, 11) is 0. The van der Waals surface area contributed by atoms with E-state index in [9.17, 15) is 0 Å². The number of nitriles is 1. The van der Waals surface area contributed by atoms with Gasteiger partial charge in [-0.15, -0.1) is 0 Å². The molecule has 0 aliphatic heterocycles. The Morgan fingerprint density at radius 2 is 2.00 bits per heavy atom. The number of nitrogens with zero attached hydrogens (tertiary/aromatic N) is 2. The van der Waals surface area contributed by atoms with Crippen LogP contribution >= 0.6 is 0 Å². The molecule has 0 saturated carbocycles. The molecule has 52 valence electrons. The van der Waals surface area contributed by atoms with Crippen LogP contribution in [0.2, 0.25) is 0 Å². The SMILES string of the molecule is [C-]#[N+]c1ccc(CC#N)cc1. The van der Waals surface area contributed by atoms with Gasteiger partial charge in [0.05, 0.1) is 19.1 Å². The van der Waals surface area contributed by atoms with E-state index in [1.807, 2.05) is 6.07 Å². The Balaban J connectivity index is 2.87. The summed E-state index contributed by atoms with van der Waals surface area (Å²) >= 11 is 0. The highest BCUT2D eigenvalue weighted by atomic mass is 14.6. The van der Waals surface area contributed by atoms with Gasteiger partial charge in [0.2, 0.25) is 0 Å². The van der Waals surface area contributed by atoms with E-state index >= 15 is 0 Å². The molecule has 2 heteroatoms. The van der Waals surface area contributed by atoms with E-state index in [1.165, 1.54) is 0 Å². The predicted octanol–water partition coefficient (Wildman–Crippen LogP) is 2.30. The van der Waals surface area contributed by atoms with Crippen LogP contribution in [-0.4, -0.2) is 0 Å². The Bertz CT molecular complexity index is 311. The van der Waals surface area contributed by atoms with E-state index in [-0.39, 0.29) is 0 Å². The molecule has 0 aliphatic carbocycles. The van der Waals surface area contributed by atoms with Crippen molar-refractivity contribution in [3.63, 3.8) is 0 Å². The van der Waals surface area contributed by atoms with E-state index in [4.69, 9.17) is 11.8 Å². The first kappa shape index (κ1) is 7.31. The van der Waals surface area contributed by atoms with Gasteiger partial charge in [-0.2, -0.15) is 5.26 Å². The largest absolute Gasteiger partial charge is 0.238 e. The summed E-state index contributed by atoms with van der Waals surface area (Å²) in [5.74, 6) is 0. The molecule has 0 aliphatic rings. The van der Waals surface area contributed by atoms with Crippen LogP contribution in [0.25, 0.3) is 4.85 Å². The van der Waals surface area contributed by atoms with Crippen LogP contribution in [0.15, 0.2) is 24.3 Å². The lowest BCUT2D eigenvalue weighted by atomic mass is 10.1. The molecular formula is C9H6N2. The molecule has 0 amide bonds. The lowest BCUT2D eigenvalue weighted by molar-refractivity contribution is 1.27. The van der Waals surface area contributed by atoms with E-state index < -0.39 is 0 Å². The lowest BCUT2D eigenvalue weighted by Crippen LogP contribution is -1.77. The van der Waals surface area contributed by atoms with Crippen LogP contribution in [-0.2, 0) is 6.42 Å². The van der Waals surface area contributed by atoms with Gasteiger partial charge in [-0.1, -0.05) is 24.3 Å². The van der Waals surface area contributed by atoms with Gasteiger partial charge in [-0.25, -0.2) is 4.85 Å². The van der Waals surface area contributed by atoms with E-state index in [0.29, 0.717) is 12.1 Å². The highest BCUT2D eigenvalue weighted by molar-refractivity contribution is 5.45. The minimum absolute atomic E-state index is 0.415. The van der Waals surface area contributed by atoms with Gasteiger partial charge in [0.1, 0.15) is 0 Å². The summed E-state index contributed by atoms with van der Waals surface area (Å²) in [6.07, 6.45) is 0.415. The molecule has 1 rings (SSSR count). The maximum absolute atomic E-state index is 8.34. The van der Waals surface area contributed by atoms with E-state index in [2.05, 4.69) is 4.85 Å². The first-order valence-electron chi connectivity index (χ1n) is 3.20. The maximum Gasteiger partial charge on any atom is 0.187 e. The number of hydrogen-bond acceptors (Lipinski definition) is 1. The van der Waals surface area contributed by atoms with Crippen molar-refractivity contribution in [2.75, 3.05) is 0 Å². The monoisotopic (exact) mass is 142 g/mol. The zero-order chi connectivity index (χ0) is 8.10. The molecule has 0 aromatic heterocycles. The maximum atomic E-state index is 8.34. The normalized spacial score (nSPS) is 8.18. The molecule has 1 aromatic carbocycles. The topological polar surface area (TPSA) is 28.1 Å². The Morgan fingerprint density at radius 3 is 2.45 bits per heavy atom. The summed E-state index contributed by atoms with van der Waals surface area (Å²) in [6, 6.07) is 9.09. The predicted molar refractivity (Wildman–Crippen MR) is 42.0 cm³/mol. The van der Waals surface area contributed by atoms with Crippen molar-refractivity contribution in [2.45, 2.75) is 6.42 Å². The fraction of sp³-hybridized carbons (Fsp3) is 0.111. The average Bonchev–Trinajstić information content (AvgIpc) is 2.07. The quantitative estimate of drug-likeness (QED) is 0.553. The molecule has 0 bridgehead atoms. The number of benzene rings is 1. The van der Waals surface area contributed by atoms with Crippen molar-refractivity contribution in [1.82, 2.24) is 0 Å². The van der Waals surface area contributed by atoms with Crippen molar-refractivity contribution in [2.24, 2.45) is 0 Å². The second-order valence-electron chi connectivity index (χ2n) is 2.11. The molecule has 0 atom stereocenters. The minimum atomic E-state index is 0.415. The Hall–Kier alpha value is -1.80. The fourth-order valence-electron chi connectivity index (χ4n) is 0.780. The van der Waals surface area contributed by atoms with Crippen molar-refractivity contribution >= 4 is 5.69 Å². The Kier molecular flexibility index (Phi) is 2.25. The minimum Gasteiger partial charge on any atom is -0.238 e. The summed E-state index contributed by atoms with van der Waals surface area (Å²) in [4.78, 5) is 3.24. The molecule has 0 saturated heterocycles. The van der Waals surface area contributed by atoms with Gasteiger partial charge in [0, 0.05) is 0 Å². The van der Waals surface area contributed by atoms with Gasteiger partial charge >= 0.3 is 0 Å². The van der Waals surface area contributed by atoms with Crippen molar-refractivity contribution in [3.8, 4) is 6.07 Å². The van der Waals surface area contributed by atoms with Crippen molar-refractivity contribution in [1.29, 1.82) is 5.26 Å². The Morgan fingerprint density at radius 1 is 1.36 bits per heavy atom. The fourth-order valence-corrected chi connectivity index (χ4v) is 0.780. The highest BCUT2D eigenvalue weighted by Gasteiger charge is 1.91. The summed E-state index contributed by atoms with van der Waals surface area (Å²) in [6.45, 7) is 6.68. The summed E-state index contributed by atoms with van der Waals surface area (Å²) in [5.41, 5.74) is 1.58. The van der Waals surface area contributed by atoms with Gasteiger partial charge in [-0.3, -0.25) is 0 Å². The molecule has 0 unspecified atom stereocenters. The molecule has 11 heavy (non-hydrogen) atoms. The lowest BCUT2D eigenvalue weighted by Gasteiger charge is -1.92. The zero-order valence-corrected chi connectivity index (χ0v) is 5.91. The second kappa shape index (κ2) is 3.39. The van der Waals surface area contributed by atoms with Gasteiger partial charge in [-0.05, 0) is 5.56 Å². The number of hydrogen-bond donors (Lipinski definition) is 0. The third-order valence-electron chi connectivity index (χ3n) is 1.35. The van der Waals surface area contributed by atoms with Crippen LogP contribution in [0, 0.1) is 17.9 Å². The molecule has 2 nitrogen and oxygen atoms in total. The van der Waals surface area contributed by atoms with Crippen LogP contribution < -0.4 is 0 Å². The molecule has 0 N–H and O–H groups in total.